The lowest BCUT2D eigenvalue weighted by atomic mass is 9.79. The van der Waals surface area contributed by atoms with Gasteiger partial charge in [-0.1, -0.05) is 87.9 Å². The Labute approximate surface area is 196 Å². The van der Waals surface area contributed by atoms with Crippen LogP contribution in [0.5, 0.6) is 0 Å². The summed E-state index contributed by atoms with van der Waals surface area (Å²) < 4.78 is 0. The van der Waals surface area contributed by atoms with Gasteiger partial charge in [-0.2, -0.15) is 0 Å². The summed E-state index contributed by atoms with van der Waals surface area (Å²) >= 11 is 0. The standard InChI is InChI=1S/C26H35N3O4/c1-4-15-26(2,3)23(25(32)27-17-21-13-9-6-10-14-21)28-24(31)22(18-29(33)19-30)16-20-11-7-5-8-12-20/h5-14,19,22-23,33H,4,15-18H2,1-3H3,(H,27,32)(H,28,31)/t22?,23-/m1/s1. The maximum Gasteiger partial charge on any atom is 0.243 e. The molecule has 0 saturated carbocycles. The number of nitrogens with one attached hydrogen (secondary N) is 2. The Morgan fingerprint density at radius 3 is 2.12 bits per heavy atom. The van der Waals surface area contributed by atoms with E-state index in [0.717, 1.165) is 24.0 Å². The van der Waals surface area contributed by atoms with Crippen LogP contribution in [0.3, 0.4) is 0 Å². The van der Waals surface area contributed by atoms with E-state index in [2.05, 4.69) is 10.6 Å². The smallest absolute Gasteiger partial charge is 0.243 e. The maximum atomic E-state index is 13.3. The van der Waals surface area contributed by atoms with Crippen molar-refractivity contribution in [3.8, 4) is 0 Å². The average molecular weight is 454 g/mol. The summed E-state index contributed by atoms with van der Waals surface area (Å²) in [5, 5.41) is 16.1. The number of amides is 3. The largest absolute Gasteiger partial charge is 0.350 e. The minimum atomic E-state index is -0.768. The fourth-order valence-electron chi connectivity index (χ4n) is 3.96. The lowest BCUT2D eigenvalue weighted by molar-refractivity contribution is -0.155. The molecule has 0 radical (unpaired) electrons. The molecule has 3 N–H and O–H groups in total. The minimum Gasteiger partial charge on any atom is -0.350 e. The highest BCUT2D eigenvalue weighted by Gasteiger charge is 2.37. The Kier molecular flexibility index (Phi) is 10.1. The molecule has 0 aliphatic carbocycles. The number of nitrogens with zero attached hydrogens (tertiary/aromatic N) is 1. The molecule has 2 aromatic rings. The van der Waals surface area contributed by atoms with Gasteiger partial charge in [-0.15, -0.1) is 0 Å². The molecule has 33 heavy (non-hydrogen) atoms. The molecule has 7 heteroatoms. The van der Waals surface area contributed by atoms with Crippen LogP contribution in [0.15, 0.2) is 60.7 Å². The van der Waals surface area contributed by atoms with Crippen molar-refractivity contribution in [2.24, 2.45) is 11.3 Å². The quantitative estimate of drug-likeness (QED) is 0.246. The van der Waals surface area contributed by atoms with Gasteiger partial charge in [0.15, 0.2) is 0 Å². The first kappa shape index (κ1) is 26.1. The molecule has 0 aromatic heterocycles. The molecular formula is C26H35N3O4. The monoisotopic (exact) mass is 453 g/mol. The van der Waals surface area contributed by atoms with E-state index in [1.165, 1.54) is 0 Å². The molecule has 0 fully saturated rings. The zero-order valence-corrected chi connectivity index (χ0v) is 19.7. The number of hydrogen-bond donors (Lipinski definition) is 3. The maximum absolute atomic E-state index is 13.3. The van der Waals surface area contributed by atoms with E-state index >= 15 is 0 Å². The Morgan fingerprint density at radius 2 is 1.58 bits per heavy atom. The predicted molar refractivity (Wildman–Crippen MR) is 127 cm³/mol. The molecule has 0 bridgehead atoms. The Bertz CT molecular complexity index is 887. The van der Waals surface area contributed by atoms with Gasteiger partial charge in [-0.25, -0.2) is 5.06 Å². The van der Waals surface area contributed by atoms with Crippen LogP contribution >= 0.6 is 0 Å². The Balaban J connectivity index is 2.20. The third-order valence-electron chi connectivity index (χ3n) is 5.76. The summed E-state index contributed by atoms with van der Waals surface area (Å²) in [5.74, 6) is -1.37. The van der Waals surface area contributed by atoms with Crippen LogP contribution in [0.4, 0.5) is 0 Å². The zero-order valence-electron chi connectivity index (χ0n) is 19.7. The van der Waals surface area contributed by atoms with E-state index in [1.54, 1.807) is 0 Å². The topological polar surface area (TPSA) is 98.7 Å². The lowest BCUT2D eigenvalue weighted by Crippen LogP contribution is -2.56. The Morgan fingerprint density at radius 1 is 1.00 bits per heavy atom. The van der Waals surface area contributed by atoms with Gasteiger partial charge in [-0.3, -0.25) is 19.6 Å². The van der Waals surface area contributed by atoms with Crippen molar-refractivity contribution in [2.45, 2.75) is 52.6 Å². The molecule has 2 atom stereocenters. The van der Waals surface area contributed by atoms with Crippen molar-refractivity contribution in [1.29, 1.82) is 0 Å². The van der Waals surface area contributed by atoms with Crippen LogP contribution in [0.1, 0.15) is 44.7 Å². The van der Waals surface area contributed by atoms with Crippen LogP contribution in [0, 0.1) is 11.3 Å². The third kappa shape index (κ3) is 8.35. The van der Waals surface area contributed by atoms with Gasteiger partial charge in [0.05, 0.1) is 12.5 Å². The molecule has 3 amide bonds. The molecule has 0 heterocycles. The van der Waals surface area contributed by atoms with Gasteiger partial charge in [-0.05, 0) is 29.4 Å². The number of hydrogen-bond acceptors (Lipinski definition) is 4. The molecule has 1 unspecified atom stereocenters. The molecule has 0 spiro atoms. The van der Waals surface area contributed by atoms with Crippen molar-refractivity contribution in [2.75, 3.05) is 6.54 Å². The highest BCUT2D eigenvalue weighted by atomic mass is 16.5. The summed E-state index contributed by atoms with van der Waals surface area (Å²) in [6.07, 6.45) is 2.19. The lowest BCUT2D eigenvalue weighted by Gasteiger charge is -2.35. The predicted octanol–water partition coefficient (Wildman–Crippen LogP) is 3.32. The molecule has 7 nitrogen and oxygen atoms in total. The van der Waals surface area contributed by atoms with Gasteiger partial charge in [0.1, 0.15) is 6.04 Å². The second kappa shape index (κ2) is 12.7. The molecule has 0 aliphatic heterocycles. The van der Waals surface area contributed by atoms with Crippen LogP contribution in [0.2, 0.25) is 0 Å². The third-order valence-corrected chi connectivity index (χ3v) is 5.76. The summed E-state index contributed by atoms with van der Waals surface area (Å²) in [7, 11) is 0. The molecule has 0 saturated heterocycles. The van der Waals surface area contributed by atoms with Crippen molar-refractivity contribution in [1.82, 2.24) is 15.7 Å². The van der Waals surface area contributed by atoms with Gasteiger partial charge in [0.25, 0.3) is 0 Å². The van der Waals surface area contributed by atoms with Crippen LogP contribution in [0.25, 0.3) is 0 Å². The highest BCUT2D eigenvalue weighted by Crippen LogP contribution is 2.28. The van der Waals surface area contributed by atoms with E-state index in [1.807, 2.05) is 81.4 Å². The highest BCUT2D eigenvalue weighted by molar-refractivity contribution is 5.89. The summed E-state index contributed by atoms with van der Waals surface area (Å²) in [4.78, 5) is 37.5. The number of rotatable bonds is 13. The first-order valence-corrected chi connectivity index (χ1v) is 11.3. The molecule has 0 aliphatic rings. The van der Waals surface area contributed by atoms with Crippen molar-refractivity contribution >= 4 is 18.2 Å². The van der Waals surface area contributed by atoms with Gasteiger partial charge >= 0.3 is 0 Å². The SMILES string of the molecule is CCCC(C)(C)[C@H](NC(=O)C(Cc1ccccc1)CN(O)C=O)C(=O)NCc1ccccc1. The van der Waals surface area contributed by atoms with Crippen molar-refractivity contribution in [3.05, 3.63) is 71.8 Å². The molecular weight excluding hydrogens is 418 g/mol. The Hall–Kier alpha value is -3.19. The number of carbonyl (C=O) groups is 3. The van der Waals surface area contributed by atoms with E-state index < -0.39 is 17.4 Å². The van der Waals surface area contributed by atoms with E-state index in [0.29, 0.717) is 18.0 Å². The van der Waals surface area contributed by atoms with Crippen molar-refractivity contribution in [3.63, 3.8) is 0 Å². The normalized spacial score (nSPS) is 13.0. The number of hydroxylamine groups is 2. The number of benzene rings is 2. The first-order valence-electron chi connectivity index (χ1n) is 11.3. The van der Waals surface area contributed by atoms with Crippen LogP contribution < -0.4 is 10.6 Å². The fourth-order valence-corrected chi connectivity index (χ4v) is 3.96. The van der Waals surface area contributed by atoms with E-state index in [4.69, 9.17) is 0 Å². The van der Waals surface area contributed by atoms with Gasteiger partial charge in [0.2, 0.25) is 18.2 Å². The molecule has 178 valence electrons. The van der Waals surface area contributed by atoms with Crippen molar-refractivity contribution < 1.29 is 19.6 Å². The van der Waals surface area contributed by atoms with Gasteiger partial charge in [0, 0.05) is 6.54 Å². The van der Waals surface area contributed by atoms with E-state index in [9.17, 15) is 19.6 Å². The summed E-state index contributed by atoms with van der Waals surface area (Å²) in [6, 6.07) is 18.2. The summed E-state index contributed by atoms with van der Waals surface area (Å²) in [5.41, 5.74) is 1.37. The fraction of sp³-hybridized carbons (Fsp3) is 0.423. The molecule has 2 aromatic carbocycles. The zero-order chi connectivity index (χ0) is 24.3. The number of carbonyl (C=O) groups excluding carboxylic acids is 3. The first-order chi connectivity index (χ1) is 15.8. The van der Waals surface area contributed by atoms with Crippen LogP contribution in [-0.4, -0.2) is 41.1 Å². The second-order valence-electron chi connectivity index (χ2n) is 9.00. The minimum absolute atomic E-state index is 0.170. The average Bonchev–Trinajstić information content (AvgIpc) is 2.81. The van der Waals surface area contributed by atoms with Gasteiger partial charge < -0.3 is 10.6 Å². The summed E-state index contributed by atoms with van der Waals surface area (Å²) in [6.45, 7) is 6.14. The van der Waals surface area contributed by atoms with E-state index in [-0.39, 0.29) is 24.8 Å². The van der Waals surface area contributed by atoms with Crippen LogP contribution in [-0.2, 0) is 27.3 Å². The molecule has 2 rings (SSSR count). The second-order valence-corrected chi connectivity index (χ2v) is 9.00.